The van der Waals surface area contributed by atoms with Crippen molar-refractivity contribution < 1.29 is 5.11 Å². The molecular weight excluding hydrogens is 376 g/mol. The third kappa shape index (κ3) is 3.49. The first-order valence-corrected chi connectivity index (χ1v) is 14.1. The van der Waals surface area contributed by atoms with Crippen molar-refractivity contribution in [1.29, 1.82) is 0 Å². The third-order valence-electron chi connectivity index (χ3n) is 12.6. The van der Waals surface area contributed by atoms with Gasteiger partial charge in [-0.25, -0.2) is 0 Å². The predicted octanol–water partition coefficient (Wildman–Crippen LogP) is 8.49. The van der Waals surface area contributed by atoms with Crippen molar-refractivity contribution >= 4 is 0 Å². The van der Waals surface area contributed by atoms with Crippen molar-refractivity contribution in [2.24, 2.45) is 57.2 Å². The normalized spacial score (nSPS) is 49.9. The van der Waals surface area contributed by atoms with Crippen molar-refractivity contribution in [3.63, 3.8) is 0 Å². The Kier molecular flexibility index (Phi) is 6.24. The number of aliphatic hydroxyl groups excluding tert-OH is 1. The molecule has 6 unspecified atom stereocenters. The molecule has 0 heterocycles. The summed E-state index contributed by atoms with van der Waals surface area (Å²) in [5.74, 6) is 5.16. The highest BCUT2D eigenvalue weighted by atomic mass is 16.3. The Morgan fingerprint density at radius 2 is 1.42 bits per heavy atom. The summed E-state index contributed by atoms with van der Waals surface area (Å²) in [5.41, 5.74) is 1.60. The highest BCUT2D eigenvalue weighted by Gasteiger charge is 2.67. The molecule has 31 heavy (non-hydrogen) atoms. The van der Waals surface area contributed by atoms with E-state index in [1.165, 1.54) is 64.2 Å². The molecule has 1 nitrogen and oxygen atoms in total. The Hall–Kier alpha value is -0.0400. The van der Waals surface area contributed by atoms with Crippen molar-refractivity contribution in [3.05, 3.63) is 0 Å². The maximum Gasteiger partial charge on any atom is 0.0594 e. The van der Waals surface area contributed by atoms with Gasteiger partial charge in [0.2, 0.25) is 0 Å². The van der Waals surface area contributed by atoms with E-state index in [4.69, 9.17) is 0 Å². The summed E-state index contributed by atoms with van der Waals surface area (Å²) in [6.45, 7) is 20.2. The van der Waals surface area contributed by atoms with Crippen LogP contribution in [0.25, 0.3) is 0 Å². The Balaban J connectivity index is 1.56. The van der Waals surface area contributed by atoms with Gasteiger partial charge in [-0.15, -0.1) is 0 Å². The van der Waals surface area contributed by atoms with E-state index < -0.39 is 0 Å². The molecule has 1 heteroatoms. The molecule has 9 atom stereocenters. The fourth-order valence-corrected chi connectivity index (χ4v) is 10.5. The maximum atomic E-state index is 10.8. The second-order valence-electron chi connectivity index (χ2n) is 14.5. The number of hydrogen-bond donors (Lipinski definition) is 1. The van der Waals surface area contributed by atoms with Gasteiger partial charge < -0.3 is 5.11 Å². The largest absolute Gasteiger partial charge is 0.393 e. The lowest BCUT2D eigenvalue weighted by atomic mass is 9.38. The Labute approximate surface area is 194 Å². The van der Waals surface area contributed by atoms with Crippen molar-refractivity contribution in [1.82, 2.24) is 0 Å². The first-order chi connectivity index (χ1) is 14.4. The smallest absolute Gasteiger partial charge is 0.0594 e. The van der Waals surface area contributed by atoms with E-state index in [0.717, 1.165) is 36.0 Å². The van der Waals surface area contributed by atoms with Gasteiger partial charge in [0.1, 0.15) is 0 Å². The predicted molar refractivity (Wildman–Crippen MR) is 133 cm³/mol. The van der Waals surface area contributed by atoms with Gasteiger partial charge in [-0.1, -0.05) is 74.7 Å². The first kappa shape index (κ1) is 24.1. The zero-order valence-electron chi connectivity index (χ0n) is 22.3. The van der Waals surface area contributed by atoms with Gasteiger partial charge >= 0.3 is 0 Å². The molecule has 0 amide bonds. The Morgan fingerprint density at radius 3 is 2.10 bits per heavy atom. The number of aliphatic hydroxyl groups is 1. The molecule has 1 N–H and O–H groups in total. The van der Waals surface area contributed by atoms with Crippen molar-refractivity contribution in [2.45, 2.75) is 132 Å². The van der Waals surface area contributed by atoms with E-state index in [2.05, 4.69) is 55.4 Å². The van der Waals surface area contributed by atoms with E-state index in [1.807, 2.05) is 0 Å². The fourth-order valence-electron chi connectivity index (χ4n) is 10.5. The Bertz CT molecular complexity index is 651. The van der Waals surface area contributed by atoms with E-state index in [1.54, 1.807) is 0 Å². The minimum absolute atomic E-state index is 0.0861. The quantitative estimate of drug-likeness (QED) is 0.463. The van der Waals surface area contributed by atoms with Gasteiger partial charge in [0.15, 0.2) is 0 Å². The zero-order chi connectivity index (χ0) is 22.8. The topological polar surface area (TPSA) is 20.2 Å². The molecule has 0 aromatic heterocycles. The molecule has 4 rings (SSSR count). The first-order valence-electron chi connectivity index (χ1n) is 14.1. The molecule has 4 fully saturated rings. The average molecular weight is 431 g/mol. The molecule has 0 aromatic carbocycles. The second-order valence-corrected chi connectivity index (χ2v) is 14.5. The van der Waals surface area contributed by atoms with Crippen LogP contribution in [-0.2, 0) is 0 Å². The monoisotopic (exact) mass is 430 g/mol. The van der Waals surface area contributed by atoms with E-state index in [9.17, 15) is 5.11 Å². The molecular formula is C30H54O. The molecule has 0 radical (unpaired) electrons. The van der Waals surface area contributed by atoms with Gasteiger partial charge in [0.25, 0.3) is 0 Å². The van der Waals surface area contributed by atoms with E-state index >= 15 is 0 Å². The zero-order valence-corrected chi connectivity index (χ0v) is 22.3. The van der Waals surface area contributed by atoms with Crippen molar-refractivity contribution in [3.8, 4) is 0 Å². The minimum Gasteiger partial charge on any atom is -0.393 e. The van der Waals surface area contributed by atoms with E-state index in [-0.39, 0.29) is 11.5 Å². The summed E-state index contributed by atoms with van der Waals surface area (Å²) in [5, 5.41) is 10.8. The maximum absolute atomic E-state index is 10.8. The summed E-state index contributed by atoms with van der Waals surface area (Å²) in [6, 6.07) is 0. The lowest BCUT2D eigenvalue weighted by Crippen LogP contribution is -2.61. The van der Waals surface area contributed by atoms with Crippen LogP contribution >= 0.6 is 0 Å². The molecule has 0 aliphatic heterocycles. The van der Waals surface area contributed by atoms with Crippen LogP contribution in [0.5, 0.6) is 0 Å². The SMILES string of the molecule is CC(C)CCCC(C)C1CC[C@@]2(C)C3CC[C@@H]4C(C)(CC[C@H](O)C4(C)C)C3CCC12C. The van der Waals surface area contributed by atoms with Gasteiger partial charge in [-0.2, -0.15) is 0 Å². The highest BCUT2D eigenvalue weighted by Crippen LogP contribution is 2.74. The van der Waals surface area contributed by atoms with Crippen LogP contribution in [0.15, 0.2) is 0 Å². The molecule has 0 bridgehead atoms. The molecule has 4 aliphatic carbocycles. The number of fused-ring (bicyclic) bond motifs is 5. The van der Waals surface area contributed by atoms with Crippen molar-refractivity contribution in [2.75, 3.05) is 0 Å². The molecule has 4 aliphatic rings. The highest BCUT2D eigenvalue weighted by molar-refractivity contribution is 5.16. The van der Waals surface area contributed by atoms with Gasteiger partial charge in [-0.3, -0.25) is 0 Å². The third-order valence-corrected chi connectivity index (χ3v) is 12.6. The summed E-state index contributed by atoms with van der Waals surface area (Å²) >= 11 is 0. The second kappa shape index (κ2) is 8.02. The molecule has 0 aromatic rings. The molecule has 0 spiro atoms. The molecule has 4 saturated carbocycles. The van der Waals surface area contributed by atoms with Gasteiger partial charge in [0.05, 0.1) is 6.10 Å². The average Bonchev–Trinajstić information content (AvgIpc) is 2.96. The lowest BCUT2D eigenvalue weighted by molar-refractivity contribution is -0.200. The van der Waals surface area contributed by atoms with Crippen LogP contribution in [0.1, 0.15) is 126 Å². The molecule has 0 saturated heterocycles. The van der Waals surface area contributed by atoms with Crippen LogP contribution in [0.2, 0.25) is 0 Å². The Morgan fingerprint density at radius 1 is 0.742 bits per heavy atom. The summed E-state index contributed by atoms with van der Waals surface area (Å²) in [4.78, 5) is 0. The van der Waals surface area contributed by atoms with Crippen LogP contribution in [-0.4, -0.2) is 11.2 Å². The van der Waals surface area contributed by atoms with Gasteiger partial charge in [-0.05, 0) is 109 Å². The fraction of sp³-hybridized carbons (Fsp3) is 1.00. The van der Waals surface area contributed by atoms with Crippen LogP contribution in [0, 0.1) is 57.2 Å². The number of hydrogen-bond acceptors (Lipinski definition) is 1. The summed E-state index contributed by atoms with van der Waals surface area (Å²) in [7, 11) is 0. The standard InChI is InChI=1S/C30H54O/c1-20(2)10-9-11-21(3)22-14-18-30(8)24-12-13-25-27(4,5)26(31)16-17-28(25,6)23(24)15-19-29(22,30)7/h20-26,31H,9-19H2,1-8H3/t21?,22?,23?,24?,25-,26-,28?,29?,30-/m0/s1. The minimum atomic E-state index is -0.103. The van der Waals surface area contributed by atoms with Crippen LogP contribution < -0.4 is 0 Å². The summed E-state index contributed by atoms with van der Waals surface area (Å²) < 4.78 is 0. The number of rotatable bonds is 5. The summed E-state index contributed by atoms with van der Waals surface area (Å²) in [6.07, 6.45) is 15.0. The van der Waals surface area contributed by atoms with E-state index in [0.29, 0.717) is 22.2 Å². The van der Waals surface area contributed by atoms with Crippen LogP contribution in [0.3, 0.4) is 0 Å². The lowest BCUT2D eigenvalue weighted by Gasteiger charge is -2.67. The van der Waals surface area contributed by atoms with Crippen LogP contribution in [0.4, 0.5) is 0 Å². The molecule has 180 valence electrons. The van der Waals surface area contributed by atoms with Gasteiger partial charge in [0, 0.05) is 0 Å².